The van der Waals surface area contributed by atoms with Crippen LogP contribution in [0.4, 0.5) is 0 Å². The van der Waals surface area contributed by atoms with Gasteiger partial charge in [-0.25, -0.2) is 0 Å². The van der Waals surface area contributed by atoms with Gasteiger partial charge in [-0.1, -0.05) is 26.7 Å². The second kappa shape index (κ2) is 6.24. The Bertz CT molecular complexity index is 222. The number of hydrogen-bond acceptors (Lipinski definition) is 3. The number of carbonyl (C=O) groups excluding carboxylic acids is 1. The molecular formula is C13H25NO2. The third kappa shape index (κ3) is 3.48. The van der Waals surface area contributed by atoms with Gasteiger partial charge in [0, 0.05) is 12.6 Å². The average Bonchev–Trinajstić information content (AvgIpc) is 2.76. The van der Waals surface area contributed by atoms with Gasteiger partial charge in [0.2, 0.25) is 0 Å². The lowest BCUT2D eigenvalue weighted by Crippen LogP contribution is -2.46. The monoisotopic (exact) mass is 227 g/mol. The molecule has 0 aromatic heterocycles. The zero-order valence-corrected chi connectivity index (χ0v) is 11.0. The molecule has 1 rings (SSSR count). The van der Waals surface area contributed by atoms with Crippen molar-refractivity contribution in [1.29, 1.82) is 0 Å². The Balaban J connectivity index is 2.65. The van der Waals surface area contributed by atoms with Crippen molar-refractivity contribution in [2.45, 2.75) is 58.5 Å². The Kier molecular flexibility index (Phi) is 5.26. The number of rotatable bonds is 5. The van der Waals surface area contributed by atoms with Crippen LogP contribution in [0.1, 0.15) is 46.5 Å². The molecule has 3 nitrogen and oxygen atoms in total. The number of esters is 1. The topological polar surface area (TPSA) is 29.5 Å². The van der Waals surface area contributed by atoms with Gasteiger partial charge >= 0.3 is 5.97 Å². The quantitative estimate of drug-likeness (QED) is 0.676. The minimum atomic E-state index is -0.104. The lowest BCUT2D eigenvalue weighted by atomic mass is 10.1. The van der Waals surface area contributed by atoms with E-state index in [2.05, 4.69) is 18.7 Å². The highest BCUT2D eigenvalue weighted by molar-refractivity contribution is 5.75. The molecule has 0 aromatic carbocycles. The van der Waals surface area contributed by atoms with Crippen LogP contribution in [0.25, 0.3) is 0 Å². The van der Waals surface area contributed by atoms with Gasteiger partial charge in [0.05, 0.1) is 7.11 Å². The van der Waals surface area contributed by atoms with Crippen LogP contribution in [0.2, 0.25) is 0 Å². The number of carbonyl (C=O) groups is 1. The summed E-state index contributed by atoms with van der Waals surface area (Å²) >= 11 is 0. The highest BCUT2D eigenvalue weighted by Crippen LogP contribution is 2.26. The summed E-state index contributed by atoms with van der Waals surface area (Å²) in [7, 11) is 1.47. The molecule has 3 heteroatoms. The largest absolute Gasteiger partial charge is 0.468 e. The van der Waals surface area contributed by atoms with Crippen molar-refractivity contribution in [2.24, 2.45) is 5.92 Å². The first-order chi connectivity index (χ1) is 7.56. The highest BCUT2D eigenvalue weighted by Gasteiger charge is 2.30. The van der Waals surface area contributed by atoms with Gasteiger partial charge in [-0.05, 0) is 25.7 Å². The Morgan fingerprint density at radius 2 is 1.88 bits per heavy atom. The van der Waals surface area contributed by atoms with Crippen molar-refractivity contribution in [3.8, 4) is 0 Å². The van der Waals surface area contributed by atoms with Gasteiger partial charge in [-0.2, -0.15) is 0 Å². The Morgan fingerprint density at radius 3 is 2.31 bits per heavy atom. The number of nitrogens with zero attached hydrogens (tertiary/aromatic N) is 1. The Hall–Kier alpha value is -0.570. The molecule has 1 saturated carbocycles. The lowest BCUT2D eigenvalue weighted by Gasteiger charge is -2.34. The van der Waals surface area contributed by atoms with Gasteiger partial charge in [-0.15, -0.1) is 0 Å². The second-order valence-electron chi connectivity index (χ2n) is 5.23. The third-order valence-electron chi connectivity index (χ3n) is 3.41. The van der Waals surface area contributed by atoms with Crippen LogP contribution >= 0.6 is 0 Å². The van der Waals surface area contributed by atoms with Gasteiger partial charge < -0.3 is 4.74 Å². The Morgan fingerprint density at radius 1 is 1.31 bits per heavy atom. The molecule has 0 aliphatic heterocycles. The SMILES string of the molecule is COC(=O)C(C)N(CC(C)C)C1CCCC1. The molecule has 1 unspecified atom stereocenters. The molecule has 0 bridgehead atoms. The fourth-order valence-corrected chi connectivity index (χ4v) is 2.59. The van der Waals surface area contributed by atoms with E-state index in [1.165, 1.54) is 32.8 Å². The molecule has 1 fully saturated rings. The summed E-state index contributed by atoms with van der Waals surface area (Å²) in [5.74, 6) is 0.486. The highest BCUT2D eigenvalue weighted by atomic mass is 16.5. The van der Waals surface area contributed by atoms with E-state index in [1.807, 2.05) is 6.92 Å². The van der Waals surface area contributed by atoms with Crippen molar-refractivity contribution in [3.05, 3.63) is 0 Å². The molecule has 0 aromatic rings. The van der Waals surface area contributed by atoms with Crippen LogP contribution < -0.4 is 0 Å². The molecule has 94 valence electrons. The van der Waals surface area contributed by atoms with E-state index < -0.39 is 0 Å². The average molecular weight is 227 g/mol. The summed E-state index contributed by atoms with van der Waals surface area (Å²) in [6, 6.07) is 0.479. The van der Waals surface area contributed by atoms with Crippen molar-refractivity contribution < 1.29 is 9.53 Å². The molecule has 1 atom stereocenters. The molecule has 0 radical (unpaired) electrons. The maximum Gasteiger partial charge on any atom is 0.322 e. The summed E-state index contributed by atoms with van der Waals surface area (Å²) in [6.45, 7) is 7.35. The van der Waals surface area contributed by atoms with E-state index in [4.69, 9.17) is 4.74 Å². The van der Waals surface area contributed by atoms with E-state index in [-0.39, 0.29) is 12.0 Å². The molecule has 16 heavy (non-hydrogen) atoms. The molecule has 1 aliphatic rings. The van der Waals surface area contributed by atoms with Crippen LogP contribution in [-0.4, -0.2) is 36.6 Å². The van der Waals surface area contributed by atoms with Crippen LogP contribution in [0, 0.1) is 5.92 Å². The van der Waals surface area contributed by atoms with Crippen molar-refractivity contribution >= 4 is 5.97 Å². The lowest BCUT2D eigenvalue weighted by molar-refractivity contribution is -0.147. The first kappa shape index (κ1) is 13.5. The zero-order chi connectivity index (χ0) is 12.1. The van der Waals surface area contributed by atoms with E-state index in [0.29, 0.717) is 12.0 Å². The van der Waals surface area contributed by atoms with Gasteiger partial charge in [0.25, 0.3) is 0 Å². The first-order valence-corrected chi connectivity index (χ1v) is 6.39. The first-order valence-electron chi connectivity index (χ1n) is 6.39. The summed E-state index contributed by atoms with van der Waals surface area (Å²) in [6.07, 6.45) is 5.06. The normalized spacial score (nSPS) is 19.4. The van der Waals surface area contributed by atoms with E-state index >= 15 is 0 Å². The molecule has 0 spiro atoms. The number of methoxy groups -OCH3 is 1. The summed E-state index contributed by atoms with van der Waals surface area (Å²) in [5.41, 5.74) is 0. The second-order valence-corrected chi connectivity index (χ2v) is 5.23. The minimum absolute atomic E-state index is 0.101. The predicted molar refractivity (Wildman–Crippen MR) is 65.3 cm³/mol. The van der Waals surface area contributed by atoms with Crippen LogP contribution in [0.3, 0.4) is 0 Å². The molecule has 0 heterocycles. The number of hydrogen-bond donors (Lipinski definition) is 0. The maximum atomic E-state index is 11.6. The molecule has 1 aliphatic carbocycles. The fourth-order valence-electron chi connectivity index (χ4n) is 2.59. The standard InChI is InChI=1S/C13H25NO2/c1-10(2)9-14(11(3)13(15)16-4)12-7-5-6-8-12/h10-12H,5-9H2,1-4H3. The van der Waals surface area contributed by atoms with Gasteiger partial charge in [-0.3, -0.25) is 9.69 Å². The van der Waals surface area contributed by atoms with E-state index in [1.54, 1.807) is 0 Å². The van der Waals surface area contributed by atoms with Crippen molar-refractivity contribution in [1.82, 2.24) is 4.90 Å². The van der Waals surface area contributed by atoms with E-state index in [0.717, 1.165) is 6.54 Å². The van der Waals surface area contributed by atoms with E-state index in [9.17, 15) is 4.79 Å². The van der Waals surface area contributed by atoms with Crippen LogP contribution in [0.15, 0.2) is 0 Å². The molecule has 0 amide bonds. The Labute approximate surface area is 99.1 Å². The molecular weight excluding hydrogens is 202 g/mol. The van der Waals surface area contributed by atoms with Crippen LogP contribution in [0.5, 0.6) is 0 Å². The van der Waals surface area contributed by atoms with Gasteiger partial charge in [0.15, 0.2) is 0 Å². The summed E-state index contributed by atoms with van der Waals surface area (Å²) in [4.78, 5) is 14.0. The smallest absolute Gasteiger partial charge is 0.322 e. The fraction of sp³-hybridized carbons (Fsp3) is 0.923. The van der Waals surface area contributed by atoms with Crippen molar-refractivity contribution in [3.63, 3.8) is 0 Å². The summed E-state index contributed by atoms with van der Waals surface area (Å²) in [5, 5.41) is 0. The third-order valence-corrected chi connectivity index (χ3v) is 3.41. The predicted octanol–water partition coefficient (Wildman–Crippen LogP) is 2.45. The minimum Gasteiger partial charge on any atom is -0.468 e. The van der Waals surface area contributed by atoms with Gasteiger partial charge in [0.1, 0.15) is 6.04 Å². The maximum absolute atomic E-state index is 11.6. The van der Waals surface area contributed by atoms with Crippen molar-refractivity contribution in [2.75, 3.05) is 13.7 Å². The molecule has 0 saturated heterocycles. The zero-order valence-electron chi connectivity index (χ0n) is 11.0. The number of ether oxygens (including phenoxy) is 1. The molecule has 0 N–H and O–H groups in total. The summed E-state index contributed by atoms with van der Waals surface area (Å²) < 4.78 is 4.85. The van der Waals surface area contributed by atoms with Crippen LogP contribution in [-0.2, 0) is 9.53 Å².